The monoisotopic (exact) mass is 500 g/mol. The first-order valence-corrected chi connectivity index (χ1v) is 15.3. The van der Waals surface area contributed by atoms with Crippen LogP contribution in [0.5, 0.6) is 0 Å². The van der Waals surface area contributed by atoms with E-state index in [1.165, 1.54) is 56.2 Å². The number of aliphatic hydroxyl groups is 1. The lowest BCUT2D eigenvalue weighted by Crippen LogP contribution is -2.53. The van der Waals surface area contributed by atoms with Crippen LogP contribution < -0.4 is 5.32 Å². The van der Waals surface area contributed by atoms with Crippen LogP contribution in [-0.2, 0) is 0 Å². The summed E-state index contributed by atoms with van der Waals surface area (Å²) < 4.78 is 0. The highest BCUT2D eigenvalue weighted by Crippen LogP contribution is 2.68. The van der Waals surface area contributed by atoms with E-state index < -0.39 is 0 Å². The van der Waals surface area contributed by atoms with Gasteiger partial charge in [0.1, 0.15) is 17.3 Å². The first-order valence-electron chi connectivity index (χ1n) is 15.3. The molecule has 6 rings (SSSR count). The Labute approximate surface area is 224 Å². The van der Waals surface area contributed by atoms with E-state index in [4.69, 9.17) is 4.99 Å². The van der Waals surface area contributed by atoms with Crippen molar-refractivity contribution in [2.24, 2.45) is 51.3 Å². The Morgan fingerprint density at radius 3 is 2.54 bits per heavy atom. The Morgan fingerprint density at radius 1 is 1.00 bits per heavy atom. The standard InChI is InChI=1S/C34H48N2O/c1-21(2)10-9-11-22(3)25-14-15-26-24-20-28-30-31(36-32(35-28)23-12-7-6-8-13-23)29(37)17-19-34(30,5)27(24)16-18-33(25,26)4/h6-8,12-13,21-22,24-27,37H,9-11,14-20H2,1-5H3,(H,35,36). The number of nitrogens with one attached hydrogen (secondary N) is 1. The summed E-state index contributed by atoms with van der Waals surface area (Å²) in [6, 6.07) is 10.5. The molecule has 0 amide bonds. The number of hydrogen-bond donors (Lipinski definition) is 2. The third-order valence-electron chi connectivity index (χ3n) is 11.7. The molecule has 3 heteroatoms. The minimum Gasteiger partial charge on any atom is -0.510 e. The van der Waals surface area contributed by atoms with E-state index in [0.717, 1.165) is 65.9 Å². The molecule has 1 aromatic rings. The molecular weight excluding hydrogens is 452 g/mol. The van der Waals surface area contributed by atoms with Gasteiger partial charge in [0, 0.05) is 28.7 Å². The second-order valence-electron chi connectivity index (χ2n) is 14.1. The SMILES string of the molecule is CC(C)CCCC(C)C1CCC2C3CC4=C5C(=C(O)CCC5(C)C3CCC12C)N=C(c1ccccc1)N4. The van der Waals surface area contributed by atoms with Crippen molar-refractivity contribution in [2.75, 3.05) is 0 Å². The third-order valence-corrected chi connectivity index (χ3v) is 11.7. The van der Waals surface area contributed by atoms with Crippen molar-refractivity contribution in [3.8, 4) is 0 Å². The van der Waals surface area contributed by atoms with E-state index >= 15 is 0 Å². The van der Waals surface area contributed by atoms with E-state index in [1.54, 1.807) is 0 Å². The molecule has 0 radical (unpaired) electrons. The molecule has 1 heterocycles. The minimum atomic E-state index is 0.112. The van der Waals surface area contributed by atoms with Crippen molar-refractivity contribution in [3.63, 3.8) is 0 Å². The van der Waals surface area contributed by atoms with E-state index in [9.17, 15) is 5.11 Å². The Balaban J connectivity index is 1.31. The molecule has 5 aliphatic rings. The summed E-state index contributed by atoms with van der Waals surface area (Å²) in [7, 11) is 0. The Kier molecular flexibility index (Phi) is 6.36. The number of allylic oxidation sites excluding steroid dienone is 3. The molecule has 2 saturated carbocycles. The molecule has 0 bridgehead atoms. The second-order valence-corrected chi connectivity index (χ2v) is 14.1. The number of rotatable bonds is 6. The molecule has 2 N–H and O–H groups in total. The van der Waals surface area contributed by atoms with Gasteiger partial charge in [-0.25, -0.2) is 4.99 Å². The zero-order chi connectivity index (χ0) is 25.9. The Morgan fingerprint density at radius 2 is 1.78 bits per heavy atom. The molecule has 4 aliphatic carbocycles. The fourth-order valence-electron chi connectivity index (χ4n) is 9.87. The van der Waals surface area contributed by atoms with Gasteiger partial charge in [-0.2, -0.15) is 0 Å². The zero-order valence-corrected chi connectivity index (χ0v) is 23.8. The molecular formula is C34H48N2O. The molecule has 2 fully saturated rings. The van der Waals surface area contributed by atoms with Gasteiger partial charge in [-0.1, -0.05) is 84.2 Å². The van der Waals surface area contributed by atoms with Crippen molar-refractivity contribution >= 4 is 5.84 Å². The van der Waals surface area contributed by atoms with Crippen molar-refractivity contribution in [2.45, 2.75) is 98.8 Å². The number of aliphatic hydroxyl groups excluding tert-OH is 1. The molecule has 3 nitrogen and oxygen atoms in total. The first-order chi connectivity index (χ1) is 17.7. The number of nitrogens with zero attached hydrogens (tertiary/aromatic N) is 1. The Hall–Kier alpha value is -2.03. The zero-order valence-electron chi connectivity index (χ0n) is 23.8. The van der Waals surface area contributed by atoms with E-state index in [2.05, 4.69) is 70.3 Å². The average molecular weight is 501 g/mol. The van der Waals surface area contributed by atoms with Gasteiger partial charge in [0.25, 0.3) is 0 Å². The third kappa shape index (κ3) is 4.02. The highest BCUT2D eigenvalue weighted by Gasteiger charge is 2.61. The minimum absolute atomic E-state index is 0.112. The highest BCUT2D eigenvalue weighted by atomic mass is 16.3. The number of hydrogen-bond acceptors (Lipinski definition) is 3. The fourth-order valence-corrected chi connectivity index (χ4v) is 9.87. The topological polar surface area (TPSA) is 44.6 Å². The summed E-state index contributed by atoms with van der Waals surface area (Å²) >= 11 is 0. The maximum atomic E-state index is 11.0. The van der Waals surface area contributed by atoms with E-state index in [0.29, 0.717) is 17.1 Å². The molecule has 0 aromatic heterocycles. The van der Waals surface area contributed by atoms with Gasteiger partial charge in [0.05, 0.1) is 0 Å². The van der Waals surface area contributed by atoms with Crippen molar-refractivity contribution in [1.82, 2.24) is 5.32 Å². The van der Waals surface area contributed by atoms with Crippen molar-refractivity contribution in [3.05, 3.63) is 58.6 Å². The summed E-state index contributed by atoms with van der Waals surface area (Å²) in [5.74, 6) is 6.20. The Bertz CT molecular complexity index is 1130. The van der Waals surface area contributed by atoms with Crippen LogP contribution in [0.4, 0.5) is 0 Å². The van der Waals surface area contributed by atoms with E-state index in [-0.39, 0.29) is 5.41 Å². The van der Waals surface area contributed by atoms with Crippen molar-refractivity contribution in [1.29, 1.82) is 0 Å². The van der Waals surface area contributed by atoms with Crippen LogP contribution in [0.25, 0.3) is 0 Å². The number of benzene rings is 1. The van der Waals surface area contributed by atoms with Crippen LogP contribution in [0.2, 0.25) is 0 Å². The van der Waals surface area contributed by atoms with Crippen LogP contribution in [-0.4, -0.2) is 10.9 Å². The van der Waals surface area contributed by atoms with Gasteiger partial charge in [0.15, 0.2) is 0 Å². The maximum Gasteiger partial charge on any atom is 0.138 e. The number of fused-ring (bicyclic) bond motifs is 4. The van der Waals surface area contributed by atoms with Crippen LogP contribution in [0.1, 0.15) is 104 Å². The predicted octanol–water partition coefficient (Wildman–Crippen LogP) is 8.79. The van der Waals surface area contributed by atoms with Gasteiger partial charge in [-0.05, 0) is 79.4 Å². The number of amidine groups is 1. The molecule has 7 unspecified atom stereocenters. The van der Waals surface area contributed by atoms with E-state index in [1.807, 2.05) is 0 Å². The van der Waals surface area contributed by atoms with Crippen molar-refractivity contribution < 1.29 is 5.11 Å². The second kappa shape index (κ2) is 9.31. The van der Waals surface area contributed by atoms with Gasteiger partial charge in [-0.3, -0.25) is 0 Å². The summed E-state index contributed by atoms with van der Waals surface area (Å²) in [5, 5.41) is 14.9. The summed E-state index contributed by atoms with van der Waals surface area (Å²) in [4.78, 5) is 5.05. The largest absolute Gasteiger partial charge is 0.510 e. The highest BCUT2D eigenvalue weighted by molar-refractivity contribution is 6.01. The molecule has 7 atom stereocenters. The van der Waals surface area contributed by atoms with Gasteiger partial charge in [0.2, 0.25) is 0 Å². The number of aliphatic imine (C=N–C) groups is 1. The van der Waals surface area contributed by atoms with Gasteiger partial charge in [-0.15, -0.1) is 0 Å². The lowest BCUT2D eigenvalue weighted by Gasteiger charge is -2.59. The quantitative estimate of drug-likeness (QED) is 0.410. The molecule has 1 aliphatic heterocycles. The average Bonchev–Trinajstić information content (AvgIpc) is 3.24. The van der Waals surface area contributed by atoms with Crippen LogP contribution in [0.3, 0.4) is 0 Å². The van der Waals surface area contributed by atoms with Crippen LogP contribution in [0, 0.1) is 46.3 Å². The lowest BCUT2D eigenvalue weighted by molar-refractivity contribution is -0.0499. The fraction of sp³-hybridized carbons (Fsp3) is 0.676. The molecule has 1 aromatic carbocycles. The van der Waals surface area contributed by atoms with Gasteiger partial charge < -0.3 is 10.4 Å². The lowest BCUT2D eigenvalue weighted by atomic mass is 9.46. The van der Waals surface area contributed by atoms with Crippen LogP contribution in [0.15, 0.2) is 58.1 Å². The normalized spacial score (nSPS) is 37.5. The smallest absolute Gasteiger partial charge is 0.138 e. The summed E-state index contributed by atoms with van der Waals surface area (Å²) in [5.41, 5.74) is 5.28. The molecule has 0 saturated heterocycles. The molecule has 200 valence electrons. The first kappa shape index (κ1) is 25.3. The predicted molar refractivity (Wildman–Crippen MR) is 153 cm³/mol. The molecule has 0 spiro atoms. The van der Waals surface area contributed by atoms with Gasteiger partial charge >= 0.3 is 0 Å². The summed E-state index contributed by atoms with van der Waals surface area (Å²) in [6.45, 7) is 12.5. The van der Waals surface area contributed by atoms with Crippen LogP contribution >= 0.6 is 0 Å². The maximum absolute atomic E-state index is 11.0. The summed E-state index contributed by atoms with van der Waals surface area (Å²) in [6.07, 6.45) is 12.6. The molecule has 37 heavy (non-hydrogen) atoms.